The van der Waals surface area contributed by atoms with E-state index in [1.54, 1.807) is 0 Å². The van der Waals surface area contributed by atoms with Crippen LogP contribution in [0.15, 0.2) is 18.2 Å². The minimum absolute atomic E-state index is 0.622. The summed E-state index contributed by atoms with van der Waals surface area (Å²) in [7, 11) is 0. The highest BCUT2D eigenvalue weighted by atomic mass is 32.2. The maximum Gasteiger partial charge on any atom is 0.0355 e. The van der Waals surface area contributed by atoms with Gasteiger partial charge in [-0.3, -0.25) is 5.14 Å². The molecule has 0 bridgehead atoms. The lowest BCUT2D eigenvalue weighted by Crippen LogP contribution is -2.26. The van der Waals surface area contributed by atoms with Crippen LogP contribution >= 0.6 is 12.1 Å². The van der Waals surface area contributed by atoms with Gasteiger partial charge in [-0.05, 0) is 29.0 Å². The van der Waals surface area contributed by atoms with Crippen molar-refractivity contribution in [3.63, 3.8) is 0 Å². The van der Waals surface area contributed by atoms with Gasteiger partial charge >= 0.3 is 0 Å². The van der Waals surface area contributed by atoms with Gasteiger partial charge in [0.05, 0.1) is 0 Å². The molecule has 2 rings (SSSR count). The molecule has 0 amide bonds. The monoisotopic (exact) mass is 222 g/mol. The number of hydrogen-bond acceptors (Lipinski definition) is 3. The Hall–Kier alpha value is -0.510. The van der Waals surface area contributed by atoms with Crippen LogP contribution in [0.4, 0.5) is 0 Å². The maximum atomic E-state index is 5.58. The number of rotatable bonds is 2. The van der Waals surface area contributed by atoms with E-state index in [-0.39, 0.29) is 0 Å². The molecule has 1 aliphatic rings. The zero-order valence-corrected chi connectivity index (χ0v) is 10.2. The molecule has 3 heteroatoms. The zero-order chi connectivity index (χ0) is 10.8. The van der Waals surface area contributed by atoms with Gasteiger partial charge < -0.3 is 0 Å². The molecule has 0 unspecified atom stereocenters. The molecule has 0 radical (unpaired) electrons. The second-order valence-electron chi connectivity index (χ2n) is 4.40. The summed E-state index contributed by atoms with van der Waals surface area (Å²) in [5.74, 6) is 0.622. The molecule has 2 N–H and O–H groups in total. The van der Waals surface area contributed by atoms with Gasteiger partial charge in [0.2, 0.25) is 0 Å². The SMILES string of the molecule is CC(C)c1ccc2c(c1)CCN(SN)C2. The van der Waals surface area contributed by atoms with Crippen LogP contribution in [0.3, 0.4) is 0 Å². The highest BCUT2D eigenvalue weighted by Crippen LogP contribution is 2.25. The first-order valence-corrected chi connectivity index (χ1v) is 6.28. The van der Waals surface area contributed by atoms with Crippen molar-refractivity contribution in [2.45, 2.75) is 32.7 Å². The van der Waals surface area contributed by atoms with E-state index in [9.17, 15) is 0 Å². The Morgan fingerprint density at radius 2 is 2.13 bits per heavy atom. The van der Waals surface area contributed by atoms with E-state index in [2.05, 4.69) is 36.4 Å². The molecule has 0 aliphatic carbocycles. The van der Waals surface area contributed by atoms with E-state index in [4.69, 9.17) is 5.14 Å². The molecule has 1 aromatic carbocycles. The third-order valence-electron chi connectivity index (χ3n) is 3.02. The largest absolute Gasteiger partial charge is 0.264 e. The van der Waals surface area contributed by atoms with Gasteiger partial charge in [-0.1, -0.05) is 32.0 Å². The van der Waals surface area contributed by atoms with Crippen molar-refractivity contribution >= 4 is 12.1 Å². The molecule has 0 spiro atoms. The number of nitrogens with zero attached hydrogens (tertiary/aromatic N) is 1. The molecule has 0 aromatic heterocycles. The Kier molecular flexibility index (Phi) is 3.34. The zero-order valence-electron chi connectivity index (χ0n) is 9.36. The van der Waals surface area contributed by atoms with Crippen LogP contribution in [0.1, 0.15) is 36.5 Å². The lowest BCUT2D eigenvalue weighted by molar-refractivity contribution is 0.444. The van der Waals surface area contributed by atoms with Gasteiger partial charge in [0.1, 0.15) is 0 Å². The van der Waals surface area contributed by atoms with Crippen LogP contribution in [0.25, 0.3) is 0 Å². The van der Waals surface area contributed by atoms with Crippen LogP contribution in [0.2, 0.25) is 0 Å². The Morgan fingerprint density at radius 3 is 2.80 bits per heavy atom. The molecule has 1 heterocycles. The Bertz CT molecular complexity index is 349. The minimum atomic E-state index is 0.622. The van der Waals surface area contributed by atoms with Gasteiger partial charge in [-0.25, -0.2) is 4.31 Å². The molecule has 1 aromatic rings. The van der Waals surface area contributed by atoms with E-state index in [0.717, 1.165) is 19.5 Å². The number of benzene rings is 1. The standard InChI is InChI=1S/C12H18N2S/c1-9(2)10-3-4-12-8-14(15-13)6-5-11(12)7-10/h3-4,7,9H,5-6,8,13H2,1-2H3. The molecule has 82 valence electrons. The summed E-state index contributed by atoms with van der Waals surface area (Å²) < 4.78 is 2.21. The van der Waals surface area contributed by atoms with Gasteiger partial charge in [-0.2, -0.15) is 0 Å². The van der Waals surface area contributed by atoms with Crippen molar-refractivity contribution in [2.75, 3.05) is 6.54 Å². The van der Waals surface area contributed by atoms with Gasteiger partial charge in [0, 0.05) is 25.2 Å². The van der Waals surface area contributed by atoms with Gasteiger partial charge in [0.25, 0.3) is 0 Å². The first-order valence-electron chi connectivity index (χ1n) is 5.44. The van der Waals surface area contributed by atoms with Crippen LogP contribution in [-0.4, -0.2) is 10.8 Å². The quantitative estimate of drug-likeness (QED) is 0.780. The highest BCUT2D eigenvalue weighted by Gasteiger charge is 2.16. The third-order valence-corrected chi connectivity index (χ3v) is 3.63. The van der Waals surface area contributed by atoms with Crippen LogP contribution in [-0.2, 0) is 13.0 Å². The molecule has 0 atom stereocenters. The van der Waals surface area contributed by atoms with Crippen molar-refractivity contribution in [1.29, 1.82) is 0 Å². The molecule has 15 heavy (non-hydrogen) atoms. The van der Waals surface area contributed by atoms with Crippen molar-refractivity contribution < 1.29 is 0 Å². The summed E-state index contributed by atoms with van der Waals surface area (Å²) >= 11 is 1.35. The number of nitrogens with two attached hydrogens (primary N) is 1. The molecule has 1 aliphatic heterocycles. The maximum absolute atomic E-state index is 5.58. The predicted molar refractivity (Wildman–Crippen MR) is 66.4 cm³/mol. The van der Waals surface area contributed by atoms with Crippen LogP contribution in [0, 0.1) is 0 Å². The molecular formula is C12H18N2S. The predicted octanol–water partition coefficient (Wildman–Crippen LogP) is 2.69. The Morgan fingerprint density at radius 1 is 1.33 bits per heavy atom. The van der Waals surface area contributed by atoms with E-state index in [1.807, 2.05) is 0 Å². The van der Waals surface area contributed by atoms with E-state index < -0.39 is 0 Å². The Labute approximate surface area is 96.1 Å². The first kappa shape index (κ1) is 11.0. The Balaban J connectivity index is 2.24. The van der Waals surface area contributed by atoms with E-state index >= 15 is 0 Å². The molecule has 0 fully saturated rings. The fraction of sp³-hybridized carbons (Fsp3) is 0.500. The highest BCUT2D eigenvalue weighted by molar-refractivity contribution is 7.94. The topological polar surface area (TPSA) is 29.3 Å². The van der Waals surface area contributed by atoms with E-state index in [1.165, 1.54) is 28.8 Å². The van der Waals surface area contributed by atoms with Crippen molar-refractivity contribution in [1.82, 2.24) is 4.31 Å². The molecule has 2 nitrogen and oxygen atoms in total. The van der Waals surface area contributed by atoms with Crippen LogP contribution in [0.5, 0.6) is 0 Å². The fourth-order valence-corrected chi connectivity index (χ4v) is 2.41. The van der Waals surface area contributed by atoms with Crippen molar-refractivity contribution in [3.8, 4) is 0 Å². The second-order valence-corrected chi connectivity index (χ2v) is 5.13. The second kappa shape index (κ2) is 4.56. The summed E-state index contributed by atoms with van der Waals surface area (Å²) in [5.41, 5.74) is 4.39. The van der Waals surface area contributed by atoms with Gasteiger partial charge in [0.15, 0.2) is 0 Å². The van der Waals surface area contributed by atoms with E-state index in [0.29, 0.717) is 5.92 Å². The van der Waals surface area contributed by atoms with Crippen molar-refractivity contribution in [3.05, 3.63) is 34.9 Å². The van der Waals surface area contributed by atoms with Crippen LogP contribution < -0.4 is 5.14 Å². The fourth-order valence-electron chi connectivity index (χ4n) is 2.00. The van der Waals surface area contributed by atoms with Crippen molar-refractivity contribution in [2.24, 2.45) is 5.14 Å². The lowest BCUT2D eigenvalue weighted by atomic mass is 9.94. The minimum Gasteiger partial charge on any atom is -0.264 e. The lowest BCUT2D eigenvalue weighted by Gasteiger charge is -2.26. The summed E-state index contributed by atoms with van der Waals surface area (Å²) in [6.07, 6.45) is 1.13. The average Bonchev–Trinajstić information content (AvgIpc) is 2.27. The average molecular weight is 222 g/mol. The van der Waals surface area contributed by atoms with Gasteiger partial charge in [-0.15, -0.1) is 0 Å². The molecule has 0 saturated carbocycles. The normalized spacial score (nSPS) is 16.8. The smallest absolute Gasteiger partial charge is 0.0355 e. The summed E-state index contributed by atoms with van der Waals surface area (Å²) in [6, 6.07) is 6.86. The number of hydrogen-bond donors (Lipinski definition) is 1. The number of fused-ring (bicyclic) bond motifs is 1. The summed E-state index contributed by atoms with van der Waals surface area (Å²) in [4.78, 5) is 0. The molecule has 0 saturated heterocycles. The third kappa shape index (κ3) is 2.36. The summed E-state index contributed by atoms with van der Waals surface area (Å²) in [6.45, 7) is 6.53. The summed E-state index contributed by atoms with van der Waals surface area (Å²) in [5, 5.41) is 5.58. The molecular weight excluding hydrogens is 204 g/mol. The first-order chi connectivity index (χ1) is 7.20.